The Labute approximate surface area is 102 Å². The SMILES string of the molecule is [O]=[Sn][O]CCCCCCc1ccccc1. The van der Waals surface area contributed by atoms with Gasteiger partial charge in [-0.3, -0.25) is 0 Å². The molecule has 0 atom stereocenters. The minimum absolute atomic E-state index is 0.695. The van der Waals surface area contributed by atoms with E-state index in [-0.39, 0.29) is 0 Å². The van der Waals surface area contributed by atoms with Crippen LogP contribution in [0, 0.1) is 0 Å². The van der Waals surface area contributed by atoms with E-state index in [2.05, 4.69) is 30.3 Å². The molecule has 0 unspecified atom stereocenters. The van der Waals surface area contributed by atoms with Crippen molar-refractivity contribution in [3.63, 3.8) is 0 Å². The zero-order valence-corrected chi connectivity index (χ0v) is 11.8. The molecule has 3 heteroatoms. The van der Waals surface area contributed by atoms with Crippen LogP contribution in [0.15, 0.2) is 30.3 Å². The molecule has 0 aliphatic heterocycles. The van der Waals surface area contributed by atoms with Crippen molar-refractivity contribution in [1.82, 2.24) is 0 Å². The van der Waals surface area contributed by atoms with Crippen molar-refractivity contribution in [3.05, 3.63) is 35.9 Å². The molecule has 1 radical (unpaired) electrons. The van der Waals surface area contributed by atoms with Gasteiger partial charge in [-0.2, -0.15) is 0 Å². The molecule has 0 spiro atoms. The van der Waals surface area contributed by atoms with Crippen LogP contribution in [0.3, 0.4) is 0 Å². The van der Waals surface area contributed by atoms with Crippen LogP contribution in [0.4, 0.5) is 0 Å². The minimum atomic E-state index is -1.65. The summed E-state index contributed by atoms with van der Waals surface area (Å²) in [6.45, 7) is 0.695. The summed E-state index contributed by atoms with van der Waals surface area (Å²) in [6, 6.07) is 10.6. The van der Waals surface area contributed by atoms with E-state index >= 15 is 0 Å². The van der Waals surface area contributed by atoms with Crippen LogP contribution in [0.2, 0.25) is 0 Å². The predicted molar refractivity (Wildman–Crippen MR) is 61.0 cm³/mol. The zero-order chi connectivity index (χ0) is 10.8. The summed E-state index contributed by atoms with van der Waals surface area (Å²) in [4.78, 5) is 0. The van der Waals surface area contributed by atoms with Gasteiger partial charge in [-0.1, -0.05) is 0 Å². The van der Waals surface area contributed by atoms with Gasteiger partial charge < -0.3 is 0 Å². The molecule has 81 valence electrons. The number of hydrogen-bond donors (Lipinski definition) is 0. The van der Waals surface area contributed by atoms with Crippen molar-refractivity contribution in [1.29, 1.82) is 0 Å². The third-order valence-corrected chi connectivity index (χ3v) is 3.28. The van der Waals surface area contributed by atoms with Crippen LogP contribution in [0.5, 0.6) is 0 Å². The number of rotatable bonds is 8. The van der Waals surface area contributed by atoms with Crippen molar-refractivity contribution >= 4 is 21.5 Å². The van der Waals surface area contributed by atoms with Gasteiger partial charge in [0, 0.05) is 0 Å². The summed E-state index contributed by atoms with van der Waals surface area (Å²) in [6.07, 6.45) is 5.88. The third-order valence-electron chi connectivity index (χ3n) is 2.36. The van der Waals surface area contributed by atoms with Crippen LogP contribution in [0.1, 0.15) is 31.2 Å². The van der Waals surface area contributed by atoms with Gasteiger partial charge in [-0.15, -0.1) is 0 Å². The van der Waals surface area contributed by atoms with Crippen molar-refractivity contribution < 1.29 is 6.15 Å². The Kier molecular flexibility index (Phi) is 7.74. The topological polar surface area (TPSA) is 26.3 Å². The van der Waals surface area contributed by atoms with E-state index in [4.69, 9.17) is 3.07 Å². The summed E-state index contributed by atoms with van der Waals surface area (Å²) >= 11 is -1.65. The second-order valence-electron chi connectivity index (χ2n) is 3.58. The quantitative estimate of drug-likeness (QED) is 0.545. The Bertz CT molecular complexity index is 262. The molecule has 0 heterocycles. The fraction of sp³-hybridized carbons (Fsp3) is 0.500. The fourth-order valence-electron chi connectivity index (χ4n) is 1.54. The molecule has 0 N–H and O–H groups in total. The van der Waals surface area contributed by atoms with Crippen molar-refractivity contribution in [2.45, 2.75) is 32.1 Å². The normalized spacial score (nSPS) is 10.1. The molecule has 1 aromatic carbocycles. The van der Waals surface area contributed by atoms with Crippen LogP contribution in [-0.2, 0) is 12.6 Å². The van der Waals surface area contributed by atoms with Gasteiger partial charge in [0.1, 0.15) is 0 Å². The Hall–Kier alpha value is -0.221. The second-order valence-corrected chi connectivity index (χ2v) is 4.88. The van der Waals surface area contributed by atoms with Gasteiger partial charge >= 0.3 is 102 Å². The first-order valence-electron chi connectivity index (χ1n) is 5.46. The molecule has 1 rings (SSSR count). The Morgan fingerprint density at radius 1 is 1.00 bits per heavy atom. The molecule has 0 bridgehead atoms. The number of hydrogen-bond acceptors (Lipinski definition) is 2. The summed E-state index contributed by atoms with van der Waals surface area (Å²) in [5.41, 5.74) is 1.42. The molecule has 0 aliphatic rings. The van der Waals surface area contributed by atoms with E-state index in [0.717, 1.165) is 6.42 Å². The van der Waals surface area contributed by atoms with Crippen molar-refractivity contribution in [3.8, 4) is 0 Å². The maximum absolute atomic E-state index is 10.2. The molecule has 0 saturated heterocycles. The molecule has 1 aromatic rings. The molecule has 0 aromatic heterocycles. The van der Waals surface area contributed by atoms with Crippen molar-refractivity contribution in [2.75, 3.05) is 6.61 Å². The first kappa shape index (κ1) is 12.8. The first-order valence-corrected chi connectivity index (χ1v) is 7.79. The summed E-state index contributed by atoms with van der Waals surface area (Å²) in [7, 11) is 0. The Morgan fingerprint density at radius 2 is 1.73 bits per heavy atom. The fourth-order valence-corrected chi connectivity index (χ4v) is 2.19. The molecule has 0 amide bonds. The molecular weight excluding hydrogens is 295 g/mol. The van der Waals surface area contributed by atoms with Gasteiger partial charge in [-0.05, 0) is 0 Å². The van der Waals surface area contributed by atoms with E-state index in [9.17, 15) is 3.08 Å². The van der Waals surface area contributed by atoms with E-state index in [1.165, 1.54) is 31.2 Å². The number of aryl methyl sites for hydroxylation is 1. The monoisotopic (exact) mass is 313 g/mol. The van der Waals surface area contributed by atoms with E-state index in [1.807, 2.05) is 0 Å². The van der Waals surface area contributed by atoms with Gasteiger partial charge in [0.2, 0.25) is 0 Å². The zero-order valence-electron chi connectivity index (χ0n) is 8.95. The molecule has 0 fully saturated rings. The maximum atomic E-state index is 10.2. The number of benzene rings is 1. The van der Waals surface area contributed by atoms with E-state index < -0.39 is 21.5 Å². The molecule has 0 aliphatic carbocycles. The third kappa shape index (κ3) is 6.79. The van der Waals surface area contributed by atoms with Gasteiger partial charge in [0.05, 0.1) is 0 Å². The van der Waals surface area contributed by atoms with Crippen molar-refractivity contribution in [2.24, 2.45) is 0 Å². The molecule has 15 heavy (non-hydrogen) atoms. The summed E-state index contributed by atoms with van der Waals surface area (Å²) in [5.74, 6) is 0. The first-order chi connectivity index (χ1) is 7.43. The average Bonchev–Trinajstić information content (AvgIpc) is 2.29. The van der Waals surface area contributed by atoms with Gasteiger partial charge in [0.15, 0.2) is 0 Å². The van der Waals surface area contributed by atoms with E-state index in [0.29, 0.717) is 6.61 Å². The van der Waals surface area contributed by atoms with E-state index in [1.54, 1.807) is 0 Å². The number of unbranched alkanes of at least 4 members (excludes halogenated alkanes) is 3. The average molecular weight is 312 g/mol. The molecular formula is C12H17O2Sn. The second kappa shape index (κ2) is 9.04. The summed E-state index contributed by atoms with van der Waals surface area (Å²) < 4.78 is 15.1. The molecule has 0 saturated carbocycles. The Morgan fingerprint density at radius 3 is 2.47 bits per heavy atom. The van der Waals surface area contributed by atoms with Gasteiger partial charge in [-0.25, -0.2) is 0 Å². The van der Waals surface area contributed by atoms with Crippen LogP contribution in [0.25, 0.3) is 0 Å². The van der Waals surface area contributed by atoms with Crippen LogP contribution < -0.4 is 0 Å². The van der Waals surface area contributed by atoms with Gasteiger partial charge in [0.25, 0.3) is 0 Å². The van der Waals surface area contributed by atoms with Crippen LogP contribution >= 0.6 is 0 Å². The summed E-state index contributed by atoms with van der Waals surface area (Å²) in [5, 5.41) is 0. The standard InChI is InChI=1S/C12H17O.O.Sn/c13-11-7-2-1-4-8-12-9-5-3-6-10-12;;/h3,5-6,9-10H,1-2,4,7-8,11H2;;/q-1;;+1. The predicted octanol–water partition coefficient (Wildman–Crippen LogP) is 2.77. The van der Waals surface area contributed by atoms with Crippen LogP contribution in [-0.4, -0.2) is 28.1 Å². The molecule has 2 nitrogen and oxygen atoms in total. The Balaban J connectivity index is 1.95.